The van der Waals surface area contributed by atoms with Crippen molar-refractivity contribution in [3.8, 4) is 11.5 Å². The van der Waals surface area contributed by atoms with Crippen LogP contribution >= 0.6 is 0 Å². The zero-order chi connectivity index (χ0) is 19.1. The summed E-state index contributed by atoms with van der Waals surface area (Å²) >= 11 is 0. The van der Waals surface area contributed by atoms with Crippen molar-refractivity contribution >= 4 is 0 Å². The molecule has 1 aliphatic carbocycles. The highest BCUT2D eigenvalue weighted by molar-refractivity contribution is 5.47. The van der Waals surface area contributed by atoms with E-state index in [1.165, 1.54) is 0 Å². The van der Waals surface area contributed by atoms with Gasteiger partial charge in [0, 0.05) is 18.4 Å². The number of ether oxygens (including phenoxy) is 1. The summed E-state index contributed by atoms with van der Waals surface area (Å²) in [7, 11) is 0. The Kier molecular flexibility index (Phi) is 4.96. The number of aryl methyl sites for hydroxylation is 1. The highest BCUT2D eigenvalue weighted by Gasteiger charge is 2.42. The molecule has 0 amide bonds. The molecule has 3 rings (SSSR count). The number of aromatic hydroxyl groups is 1. The first-order valence-electron chi connectivity index (χ1n) is 9.63. The summed E-state index contributed by atoms with van der Waals surface area (Å²) in [6.45, 7) is 10.6. The minimum atomic E-state index is -0.448. The van der Waals surface area contributed by atoms with E-state index < -0.39 is 11.7 Å². The first-order chi connectivity index (χ1) is 12.1. The molecule has 2 aliphatic rings. The minimum absolute atomic E-state index is 0.0542. The second kappa shape index (κ2) is 6.77. The molecular formula is C23H32O3. The van der Waals surface area contributed by atoms with Gasteiger partial charge in [0.05, 0.1) is 6.10 Å². The quantitative estimate of drug-likeness (QED) is 0.637. The molecule has 0 saturated heterocycles. The Bertz CT molecular complexity index is 744. The van der Waals surface area contributed by atoms with Crippen LogP contribution in [0.25, 0.3) is 0 Å². The van der Waals surface area contributed by atoms with E-state index in [-0.39, 0.29) is 17.1 Å². The zero-order valence-corrected chi connectivity index (χ0v) is 16.7. The first-order valence-corrected chi connectivity index (χ1v) is 9.63. The van der Waals surface area contributed by atoms with Gasteiger partial charge in [-0.05, 0) is 68.2 Å². The van der Waals surface area contributed by atoms with Crippen molar-refractivity contribution in [3.05, 3.63) is 47.1 Å². The zero-order valence-electron chi connectivity index (χ0n) is 16.7. The fourth-order valence-electron chi connectivity index (χ4n) is 4.15. The number of allylic oxidation sites excluding steroid dienone is 2. The molecule has 0 aromatic heterocycles. The van der Waals surface area contributed by atoms with Crippen molar-refractivity contribution in [2.45, 2.75) is 72.0 Å². The van der Waals surface area contributed by atoms with Gasteiger partial charge in [-0.1, -0.05) is 32.1 Å². The fourth-order valence-corrected chi connectivity index (χ4v) is 4.15. The summed E-state index contributed by atoms with van der Waals surface area (Å²) in [4.78, 5) is 0. The van der Waals surface area contributed by atoms with Crippen LogP contribution in [0.3, 0.4) is 0 Å². The van der Waals surface area contributed by atoms with Crippen molar-refractivity contribution in [3.63, 3.8) is 0 Å². The lowest BCUT2D eigenvalue weighted by molar-refractivity contribution is -0.00766. The van der Waals surface area contributed by atoms with Crippen LogP contribution in [-0.4, -0.2) is 21.9 Å². The molecule has 3 atom stereocenters. The Morgan fingerprint density at radius 2 is 1.85 bits per heavy atom. The van der Waals surface area contributed by atoms with Crippen molar-refractivity contribution in [2.24, 2.45) is 11.3 Å². The van der Waals surface area contributed by atoms with Gasteiger partial charge in [-0.15, -0.1) is 0 Å². The molecule has 0 radical (unpaired) electrons. The molecule has 0 saturated carbocycles. The summed E-state index contributed by atoms with van der Waals surface area (Å²) < 4.78 is 6.47. The minimum Gasteiger partial charge on any atom is -0.508 e. The van der Waals surface area contributed by atoms with Crippen LogP contribution in [0.1, 0.15) is 58.1 Å². The number of phenols is 1. The van der Waals surface area contributed by atoms with Gasteiger partial charge in [0.25, 0.3) is 0 Å². The monoisotopic (exact) mass is 356 g/mol. The van der Waals surface area contributed by atoms with Crippen molar-refractivity contribution in [2.75, 3.05) is 0 Å². The standard InChI is InChI=1S/C23H32O3/c1-15-7-10-22(3,4)8-6-9-23(5)17(13-20(15)25)12-19-16(2)11-18(24)14-21(19)26-23/h6-8,11,14,17,20,24-25H,9-10,12-13H2,1-5H3/t17-,20-,23-/m1/s1. The van der Waals surface area contributed by atoms with E-state index in [1.54, 1.807) is 12.1 Å². The van der Waals surface area contributed by atoms with Gasteiger partial charge in [-0.25, -0.2) is 0 Å². The maximum atomic E-state index is 10.8. The maximum absolute atomic E-state index is 10.8. The molecule has 0 bridgehead atoms. The third-order valence-corrected chi connectivity index (χ3v) is 6.15. The van der Waals surface area contributed by atoms with Crippen molar-refractivity contribution < 1.29 is 14.9 Å². The van der Waals surface area contributed by atoms with E-state index in [0.717, 1.165) is 41.7 Å². The highest BCUT2D eigenvalue weighted by Crippen LogP contribution is 2.44. The fraction of sp³-hybridized carbons (Fsp3) is 0.565. The van der Waals surface area contributed by atoms with Gasteiger partial charge in [0.1, 0.15) is 17.1 Å². The van der Waals surface area contributed by atoms with E-state index in [9.17, 15) is 10.2 Å². The highest BCUT2D eigenvalue weighted by atomic mass is 16.5. The SMILES string of the molecule is CC1=CCC(C)(C)C=CC[C@@]2(C)Oc3cc(O)cc(C)c3C[C@@H]2C[C@H]1O. The van der Waals surface area contributed by atoms with Crippen LogP contribution in [0.15, 0.2) is 35.9 Å². The lowest BCUT2D eigenvalue weighted by atomic mass is 9.75. The summed E-state index contributed by atoms with van der Waals surface area (Å²) in [6.07, 6.45) is 9.49. The molecule has 142 valence electrons. The predicted octanol–water partition coefficient (Wildman–Crippen LogP) is 5.08. The third-order valence-electron chi connectivity index (χ3n) is 6.15. The second-order valence-corrected chi connectivity index (χ2v) is 9.05. The van der Waals surface area contributed by atoms with E-state index >= 15 is 0 Å². The molecular weight excluding hydrogens is 324 g/mol. The number of rotatable bonds is 0. The number of hydrogen-bond donors (Lipinski definition) is 2. The summed E-state index contributed by atoms with van der Waals surface area (Å²) in [6, 6.07) is 3.52. The Morgan fingerprint density at radius 3 is 2.58 bits per heavy atom. The lowest BCUT2D eigenvalue weighted by Gasteiger charge is -2.43. The van der Waals surface area contributed by atoms with Crippen LogP contribution in [0, 0.1) is 18.3 Å². The van der Waals surface area contributed by atoms with Crippen LogP contribution in [0.4, 0.5) is 0 Å². The Morgan fingerprint density at radius 1 is 1.12 bits per heavy atom. The molecule has 1 aromatic carbocycles. The second-order valence-electron chi connectivity index (χ2n) is 9.05. The van der Waals surface area contributed by atoms with E-state index in [1.807, 2.05) is 13.8 Å². The molecule has 3 heteroatoms. The molecule has 1 aromatic rings. The summed E-state index contributed by atoms with van der Waals surface area (Å²) in [5.74, 6) is 1.24. The van der Waals surface area contributed by atoms with Crippen molar-refractivity contribution in [1.82, 2.24) is 0 Å². The Balaban J connectivity index is 2.02. The molecule has 1 aliphatic heterocycles. The van der Waals surface area contributed by atoms with Crippen LogP contribution in [-0.2, 0) is 6.42 Å². The smallest absolute Gasteiger partial charge is 0.127 e. The molecule has 2 N–H and O–H groups in total. The molecule has 0 unspecified atom stereocenters. The van der Waals surface area contributed by atoms with Gasteiger partial charge in [0.2, 0.25) is 0 Å². The third kappa shape index (κ3) is 3.83. The van der Waals surface area contributed by atoms with E-state index in [4.69, 9.17) is 4.74 Å². The number of hydrogen-bond acceptors (Lipinski definition) is 3. The molecule has 1 heterocycles. The Labute approximate surface area is 157 Å². The number of benzene rings is 1. The molecule has 0 spiro atoms. The number of aliphatic hydroxyl groups excluding tert-OH is 1. The maximum Gasteiger partial charge on any atom is 0.127 e. The van der Waals surface area contributed by atoms with E-state index in [2.05, 4.69) is 39.0 Å². The van der Waals surface area contributed by atoms with Crippen LogP contribution < -0.4 is 4.74 Å². The van der Waals surface area contributed by atoms with Crippen LogP contribution in [0.5, 0.6) is 11.5 Å². The largest absolute Gasteiger partial charge is 0.508 e. The van der Waals surface area contributed by atoms with Gasteiger partial charge in [-0.2, -0.15) is 0 Å². The predicted molar refractivity (Wildman–Crippen MR) is 106 cm³/mol. The summed E-state index contributed by atoms with van der Waals surface area (Å²) in [5.41, 5.74) is 2.90. The molecule has 26 heavy (non-hydrogen) atoms. The van der Waals surface area contributed by atoms with Gasteiger partial charge in [-0.3, -0.25) is 0 Å². The summed E-state index contributed by atoms with van der Waals surface area (Å²) in [5, 5.41) is 20.8. The molecule has 3 nitrogen and oxygen atoms in total. The first kappa shape index (κ1) is 19.0. The average molecular weight is 357 g/mol. The van der Waals surface area contributed by atoms with Gasteiger partial charge in [0.15, 0.2) is 0 Å². The lowest BCUT2D eigenvalue weighted by Crippen LogP contribution is -2.46. The number of aliphatic hydroxyl groups is 1. The van der Waals surface area contributed by atoms with Gasteiger partial charge >= 0.3 is 0 Å². The number of fused-ring (bicyclic) bond motifs is 2. The normalized spacial score (nSPS) is 31.1. The Hall–Kier alpha value is -1.74. The van der Waals surface area contributed by atoms with Crippen LogP contribution in [0.2, 0.25) is 0 Å². The average Bonchev–Trinajstić information content (AvgIpc) is 2.54. The van der Waals surface area contributed by atoms with Crippen molar-refractivity contribution in [1.29, 1.82) is 0 Å². The number of phenolic OH excluding ortho intramolecular Hbond substituents is 1. The van der Waals surface area contributed by atoms with E-state index in [0.29, 0.717) is 6.42 Å². The van der Waals surface area contributed by atoms with Gasteiger partial charge < -0.3 is 14.9 Å². The topological polar surface area (TPSA) is 49.7 Å². The molecule has 0 fully saturated rings.